The summed E-state index contributed by atoms with van der Waals surface area (Å²) in [6.07, 6.45) is 4.35. The Morgan fingerprint density at radius 1 is 1.42 bits per heavy atom. The molecule has 0 aromatic rings. The van der Waals surface area contributed by atoms with Gasteiger partial charge in [0.1, 0.15) is 0 Å². The lowest BCUT2D eigenvalue weighted by atomic mass is 9.84. The Bertz CT molecular complexity index is 141. The average molecular weight is 234 g/mol. The fraction of sp³-hybridized carbons (Fsp3) is 1.00. The molecule has 72 valence electrons. The molecule has 1 rings (SSSR count). The molecule has 0 spiro atoms. The van der Waals surface area contributed by atoms with Gasteiger partial charge >= 0.3 is 0 Å². The summed E-state index contributed by atoms with van der Waals surface area (Å²) >= 11 is 3.56. The molecule has 0 aromatic heterocycles. The number of nitrogens with zero attached hydrogens (tertiary/aromatic N) is 1. The molecule has 0 radical (unpaired) electrons. The zero-order valence-corrected chi connectivity index (χ0v) is 10.0. The minimum Gasteiger partial charge on any atom is -0.300 e. The van der Waals surface area contributed by atoms with Crippen molar-refractivity contribution in [1.82, 2.24) is 4.90 Å². The van der Waals surface area contributed by atoms with Crippen molar-refractivity contribution in [2.24, 2.45) is 5.92 Å². The molecule has 1 aliphatic rings. The predicted molar refractivity (Wildman–Crippen MR) is 57.8 cm³/mol. The maximum Gasteiger partial charge on any atom is 0.0247 e. The van der Waals surface area contributed by atoms with Crippen LogP contribution in [0.2, 0.25) is 0 Å². The van der Waals surface area contributed by atoms with Crippen LogP contribution in [0.5, 0.6) is 0 Å². The second-order valence-corrected chi connectivity index (χ2v) is 5.18. The number of hydrogen-bond donors (Lipinski definition) is 0. The molecule has 0 saturated heterocycles. The van der Waals surface area contributed by atoms with Crippen LogP contribution >= 0.6 is 15.9 Å². The van der Waals surface area contributed by atoms with E-state index in [1.54, 1.807) is 0 Å². The third kappa shape index (κ3) is 2.46. The van der Waals surface area contributed by atoms with Crippen LogP contribution < -0.4 is 0 Å². The Morgan fingerprint density at radius 2 is 2.00 bits per heavy atom. The van der Waals surface area contributed by atoms with Crippen LogP contribution in [0.15, 0.2) is 0 Å². The average Bonchev–Trinajstić information content (AvgIpc) is 1.96. The number of hydrogen-bond acceptors (Lipinski definition) is 1. The lowest BCUT2D eigenvalue weighted by Gasteiger charge is -2.39. The molecule has 0 amide bonds. The monoisotopic (exact) mass is 233 g/mol. The van der Waals surface area contributed by atoms with E-state index in [1.165, 1.54) is 25.8 Å². The van der Waals surface area contributed by atoms with Crippen molar-refractivity contribution in [1.29, 1.82) is 0 Å². The summed E-state index contributed by atoms with van der Waals surface area (Å²) in [5.41, 5.74) is 0.315. The van der Waals surface area contributed by atoms with Crippen LogP contribution in [0.4, 0.5) is 0 Å². The topological polar surface area (TPSA) is 3.24 Å². The van der Waals surface area contributed by atoms with Crippen LogP contribution in [-0.2, 0) is 0 Å². The maximum atomic E-state index is 3.56. The molecule has 0 heterocycles. The van der Waals surface area contributed by atoms with Crippen molar-refractivity contribution < 1.29 is 0 Å². The van der Waals surface area contributed by atoms with Gasteiger partial charge in [-0.3, -0.25) is 0 Å². The fourth-order valence-electron chi connectivity index (χ4n) is 1.41. The molecule has 0 N–H and O–H groups in total. The number of alkyl halides is 1. The van der Waals surface area contributed by atoms with E-state index in [0.29, 0.717) is 5.54 Å². The molecule has 1 saturated carbocycles. The molecule has 1 fully saturated rings. The van der Waals surface area contributed by atoms with Crippen LogP contribution in [0.1, 0.15) is 33.1 Å². The van der Waals surface area contributed by atoms with E-state index in [1.807, 2.05) is 0 Å². The van der Waals surface area contributed by atoms with Gasteiger partial charge in [0.25, 0.3) is 0 Å². The van der Waals surface area contributed by atoms with Crippen LogP contribution in [0, 0.1) is 5.92 Å². The van der Waals surface area contributed by atoms with Crippen molar-refractivity contribution in [3.05, 3.63) is 0 Å². The van der Waals surface area contributed by atoms with Crippen molar-refractivity contribution in [3.8, 4) is 0 Å². The molecule has 0 unspecified atom stereocenters. The second kappa shape index (κ2) is 4.10. The van der Waals surface area contributed by atoms with Gasteiger partial charge in [0.05, 0.1) is 0 Å². The molecule has 0 aliphatic heterocycles. The molecular weight excluding hydrogens is 214 g/mol. The smallest absolute Gasteiger partial charge is 0.0247 e. The first-order valence-corrected chi connectivity index (χ1v) is 5.95. The molecule has 1 aliphatic carbocycles. The molecular formula is C10H20BrN. The summed E-state index contributed by atoms with van der Waals surface area (Å²) in [5, 5.41) is 1.06. The Labute approximate surface area is 84.6 Å². The fourth-order valence-corrected chi connectivity index (χ4v) is 1.84. The van der Waals surface area contributed by atoms with E-state index in [2.05, 4.69) is 41.7 Å². The first-order valence-electron chi connectivity index (χ1n) is 4.83. The third-order valence-corrected chi connectivity index (χ3v) is 4.49. The molecule has 1 nitrogen and oxygen atoms in total. The molecule has 2 heteroatoms. The summed E-state index contributed by atoms with van der Waals surface area (Å²) in [4.78, 5) is 2.48. The van der Waals surface area contributed by atoms with E-state index in [0.717, 1.165) is 11.2 Å². The van der Waals surface area contributed by atoms with Gasteiger partial charge in [-0.05, 0) is 39.7 Å². The summed E-state index contributed by atoms with van der Waals surface area (Å²) in [7, 11) is 2.24. The zero-order chi connectivity index (χ0) is 9.19. The normalized spacial score (nSPS) is 19.8. The lowest BCUT2D eigenvalue weighted by molar-refractivity contribution is 0.123. The molecule has 0 aromatic carbocycles. The van der Waals surface area contributed by atoms with Crippen molar-refractivity contribution in [2.45, 2.75) is 38.6 Å². The highest BCUT2D eigenvalue weighted by atomic mass is 79.9. The Balaban J connectivity index is 2.30. The lowest BCUT2D eigenvalue weighted by Crippen LogP contribution is -2.45. The predicted octanol–water partition coefficient (Wildman–Crippen LogP) is 2.89. The number of halogens is 1. The van der Waals surface area contributed by atoms with Crippen LogP contribution in [-0.4, -0.2) is 29.4 Å². The quantitative estimate of drug-likeness (QED) is 0.676. The first kappa shape index (κ1) is 10.5. The molecule has 0 bridgehead atoms. The SMILES string of the molecule is CN(CC1CCC1)C(C)(C)CBr. The Kier molecular flexibility index (Phi) is 3.59. The van der Waals surface area contributed by atoms with Gasteiger partial charge in [-0.2, -0.15) is 0 Å². The van der Waals surface area contributed by atoms with Crippen molar-refractivity contribution in [3.63, 3.8) is 0 Å². The highest BCUT2D eigenvalue weighted by molar-refractivity contribution is 9.09. The summed E-state index contributed by atoms with van der Waals surface area (Å²) in [6, 6.07) is 0. The van der Waals surface area contributed by atoms with E-state index < -0.39 is 0 Å². The summed E-state index contributed by atoms with van der Waals surface area (Å²) in [6.45, 7) is 5.86. The van der Waals surface area contributed by atoms with Gasteiger partial charge < -0.3 is 4.90 Å². The van der Waals surface area contributed by atoms with Crippen molar-refractivity contribution in [2.75, 3.05) is 18.9 Å². The van der Waals surface area contributed by atoms with Gasteiger partial charge in [0, 0.05) is 17.4 Å². The van der Waals surface area contributed by atoms with Gasteiger partial charge in [0.2, 0.25) is 0 Å². The first-order chi connectivity index (χ1) is 5.56. The highest BCUT2D eigenvalue weighted by Crippen LogP contribution is 2.29. The standard InChI is InChI=1S/C10H20BrN/c1-10(2,8-11)12(3)7-9-5-4-6-9/h9H,4-8H2,1-3H3. The Hall–Kier alpha value is 0.440. The van der Waals surface area contributed by atoms with Crippen LogP contribution in [0.25, 0.3) is 0 Å². The van der Waals surface area contributed by atoms with E-state index >= 15 is 0 Å². The van der Waals surface area contributed by atoms with E-state index in [9.17, 15) is 0 Å². The van der Waals surface area contributed by atoms with E-state index in [4.69, 9.17) is 0 Å². The third-order valence-electron chi connectivity index (χ3n) is 3.12. The molecule has 12 heavy (non-hydrogen) atoms. The molecule has 0 atom stereocenters. The number of rotatable bonds is 4. The summed E-state index contributed by atoms with van der Waals surface area (Å²) < 4.78 is 0. The van der Waals surface area contributed by atoms with E-state index in [-0.39, 0.29) is 0 Å². The summed E-state index contributed by atoms with van der Waals surface area (Å²) in [5.74, 6) is 0.980. The zero-order valence-electron chi connectivity index (χ0n) is 8.44. The minimum absolute atomic E-state index is 0.315. The highest BCUT2D eigenvalue weighted by Gasteiger charge is 2.26. The van der Waals surface area contributed by atoms with Crippen LogP contribution in [0.3, 0.4) is 0 Å². The minimum atomic E-state index is 0.315. The van der Waals surface area contributed by atoms with Gasteiger partial charge in [-0.25, -0.2) is 0 Å². The Morgan fingerprint density at radius 3 is 2.33 bits per heavy atom. The van der Waals surface area contributed by atoms with Gasteiger partial charge in [-0.1, -0.05) is 22.4 Å². The van der Waals surface area contributed by atoms with Gasteiger partial charge in [0.15, 0.2) is 0 Å². The van der Waals surface area contributed by atoms with Crippen molar-refractivity contribution >= 4 is 15.9 Å². The maximum absolute atomic E-state index is 3.56. The second-order valence-electron chi connectivity index (χ2n) is 4.62. The van der Waals surface area contributed by atoms with Gasteiger partial charge in [-0.15, -0.1) is 0 Å². The largest absolute Gasteiger partial charge is 0.300 e.